The van der Waals surface area contributed by atoms with E-state index in [9.17, 15) is 5.11 Å². The highest BCUT2D eigenvalue weighted by Crippen LogP contribution is 2.14. The van der Waals surface area contributed by atoms with Crippen molar-refractivity contribution in [3.05, 3.63) is 35.4 Å². The number of nitrogens with zero attached hydrogens (tertiary/aromatic N) is 1. The average Bonchev–Trinajstić information content (AvgIpc) is 2.40. The van der Waals surface area contributed by atoms with Gasteiger partial charge in [-0.3, -0.25) is 4.90 Å². The van der Waals surface area contributed by atoms with Gasteiger partial charge in [-0.05, 0) is 11.1 Å². The molecule has 4 heteroatoms. The van der Waals surface area contributed by atoms with E-state index in [-0.39, 0.29) is 6.61 Å². The first-order chi connectivity index (χ1) is 8.29. The Bertz CT molecular complexity index is 334. The molecule has 0 aliphatic carbocycles. The van der Waals surface area contributed by atoms with Crippen molar-refractivity contribution in [2.75, 3.05) is 32.8 Å². The third kappa shape index (κ3) is 3.51. The lowest BCUT2D eigenvalue weighted by Gasteiger charge is -2.27. The standard InChI is InChI=1S/C13H20N2O2/c16-10-13(17)12-3-1-11(2-4-12)9-15-7-5-14-6-8-15/h1-4,13-14,16-17H,5-10H2. The fraction of sp³-hybridized carbons (Fsp3) is 0.538. The number of benzene rings is 1. The summed E-state index contributed by atoms with van der Waals surface area (Å²) in [5.41, 5.74) is 2.03. The number of rotatable bonds is 4. The summed E-state index contributed by atoms with van der Waals surface area (Å²) in [4.78, 5) is 2.41. The van der Waals surface area contributed by atoms with Gasteiger partial charge < -0.3 is 15.5 Å². The van der Waals surface area contributed by atoms with E-state index in [4.69, 9.17) is 5.11 Å². The Morgan fingerprint density at radius 1 is 1.18 bits per heavy atom. The summed E-state index contributed by atoms with van der Waals surface area (Å²) in [5, 5.41) is 21.7. The van der Waals surface area contributed by atoms with Gasteiger partial charge in [0.05, 0.1) is 6.61 Å². The molecule has 1 saturated heterocycles. The lowest BCUT2D eigenvalue weighted by Crippen LogP contribution is -2.42. The lowest BCUT2D eigenvalue weighted by molar-refractivity contribution is 0.0956. The van der Waals surface area contributed by atoms with Gasteiger partial charge in [-0.15, -0.1) is 0 Å². The van der Waals surface area contributed by atoms with E-state index < -0.39 is 6.10 Å². The summed E-state index contributed by atoms with van der Waals surface area (Å²) in [6.45, 7) is 5.01. The second-order valence-corrected chi connectivity index (χ2v) is 4.47. The van der Waals surface area contributed by atoms with Crippen molar-refractivity contribution in [2.45, 2.75) is 12.6 Å². The molecule has 1 unspecified atom stereocenters. The highest BCUT2D eigenvalue weighted by Gasteiger charge is 2.10. The molecule has 0 radical (unpaired) electrons. The summed E-state index contributed by atoms with van der Waals surface area (Å²) in [6, 6.07) is 7.82. The zero-order valence-electron chi connectivity index (χ0n) is 9.97. The Morgan fingerprint density at radius 2 is 1.82 bits per heavy atom. The van der Waals surface area contributed by atoms with Crippen LogP contribution in [0.3, 0.4) is 0 Å². The summed E-state index contributed by atoms with van der Waals surface area (Å²) in [6.07, 6.45) is -0.761. The van der Waals surface area contributed by atoms with Crippen molar-refractivity contribution < 1.29 is 10.2 Å². The van der Waals surface area contributed by atoms with Crippen LogP contribution in [-0.2, 0) is 6.54 Å². The summed E-state index contributed by atoms with van der Waals surface area (Å²) in [7, 11) is 0. The number of hydrogen-bond donors (Lipinski definition) is 3. The van der Waals surface area contributed by atoms with Gasteiger partial charge in [-0.2, -0.15) is 0 Å². The van der Waals surface area contributed by atoms with Crippen LogP contribution in [0.15, 0.2) is 24.3 Å². The van der Waals surface area contributed by atoms with E-state index in [0.717, 1.165) is 38.3 Å². The van der Waals surface area contributed by atoms with Crippen LogP contribution < -0.4 is 5.32 Å². The SMILES string of the molecule is OCC(O)c1ccc(CN2CCNCC2)cc1. The molecule has 0 bridgehead atoms. The second kappa shape index (κ2) is 6.12. The Hall–Kier alpha value is -0.940. The largest absolute Gasteiger partial charge is 0.393 e. The third-order valence-electron chi connectivity index (χ3n) is 3.15. The van der Waals surface area contributed by atoms with Crippen LogP contribution in [0, 0.1) is 0 Å². The molecule has 1 heterocycles. The summed E-state index contributed by atoms with van der Waals surface area (Å²) < 4.78 is 0. The minimum Gasteiger partial charge on any atom is -0.393 e. The van der Waals surface area contributed by atoms with Gasteiger partial charge in [0.25, 0.3) is 0 Å². The number of nitrogens with one attached hydrogen (secondary N) is 1. The van der Waals surface area contributed by atoms with E-state index in [0.29, 0.717) is 0 Å². The van der Waals surface area contributed by atoms with Crippen LogP contribution in [0.4, 0.5) is 0 Å². The topological polar surface area (TPSA) is 55.7 Å². The monoisotopic (exact) mass is 236 g/mol. The van der Waals surface area contributed by atoms with Gasteiger partial charge in [0.1, 0.15) is 6.10 Å². The Kier molecular flexibility index (Phi) is 4.50. The molecule has 1 aliphatic rings. The number of aliphatic hydroxyl groups is 2. The van der Waals surface area contributed by atoms with Crippen LogP contribution >= 0.6 is 0 Å². The molecule has 0 spiro atoms. The molecule has 1 aromatic carbocycles. The molecule has 0 amide bonds. The Balaban J connectivity index is 1.93. The second-order valence-electron chi connectivity index (χ2n) is 4.47. The molecular formula is C13H20N2O2. The summed E-state index contributed by atoms with van der Waals surface area (Å²) in [5.74, 6) is 0. The van der Waals surface area contributed by atoms with Gasteiger partial charge in [0.2, 0.25) is 0 Å². The molecule has 3 N–H and O–H groups in total. The van der Waals surface area contributed by atoms with Crippen molar-refractivity contribution in [3.63, 3.8) is 0 Å². The normalized spacial score (nSPS) is 19.2. The van der Waals surface area contributed by atoms with Crippen molar-refractivity contribution in [3.8, 4) is 0 Å². The summed E-state index contributed by atoms with van der Waals surface area (Å²) >= 11 is 0. The highest BCUT2D eigenvalue weighted by molar-refractivity contribution is 5.24. The van der Waals surface area contributed by atoms with Gasteiger partial charge in [-0.25, -0.2) is 0 Å². The average molecular weight is 236 g/mol. The van der Waals surface area contributed by atoms with E-state index in [1.165, 1.54) is 5.56 Å². The van der Waals surface area contributed by atoms with Gasteiger partial charge in [0.15, 0.2) is 0 Å². The third-order valence-corrected chi connectivity index (χ3v) is 3.15. The first-order valence-electron chi connectivity index (χ1n) is 6.10. The molecule has 1 atom stereocenters. The smallest absolute Gasteiger partial charge is 0.102 e. The van der Waals surface area contributed by atoms with Crippen LogP contribution in [-0.4, -0.2) is 47.9 Å². The lowest BCUT2D eigenvalue weighted by atomic mass is 10.1. The number of aliphatic hydroxyl groups excluding tert-OH is 2. The highest BCUT2D eigenvalue weighted by atomic mass is 16.3. The minimum absolute atomic E-state index is 0.225. The van der Waals surface area contributed by atoms with Crippen molar-refractivity contribution in [1.29, 1.82) is 0 Å². The van der Waals surface area contributed by atoms with E-state index >= 15 is 0 Å². The van der Waals surface area contributed by atoms with Gasteiger partial charge >= 0.3 is 0 Å². The number of hydrogen-bond acceptors (Lipinski definition) is 4. The van der Waals surface area contributed by atoms with E-state index in [1.807, 2.05) is 24.3 Å². The van der Waals surface area contributed by atoms with Gasteiger partial charge in [0, 0.05) is 32.7 Å². The zero-order chi connectivity index (χ0) is 12.1. The van der Waals surface area contributed by atoms with Gasteiger partial charge in [-0.1, -0.05) is 24.3 Å². The number of piperazine rings is 1. The molecule has 2 rings (SSSR count). The van der Waals surface area contributed by atoms with Crippen LogP contribution in [0.1, 0.15) is 17.2 Å². The predicted molar refractivity (Wildman–Crippen MR) is 66.6 cm³/mol. The molecule has 0 saturated carbocycles. The fourth-order valence-corrected chi connectivity index (χ4v) is 2.08. The minimum atomic E-state index is -0.761. The molecule has 94 valence electrons. The van der Waals surface area contributed by atoms with Crippen LogP contribution in [0.5, 0.6) is 0 Å². The quantitative estimate of drug-likeness (QED) is 0.695. The predicted octanol–water partition coefficient (Wildman–Crippen LogP) is 0.117. The Morgan fingerprint density at radius 3 is 2.41 bits per heavy atom. The van der Waals surface area contributed by atoms with Crippen molar-refractivity contribution >= 4 is 0 Å². The maximum Gasteiger partial charge on any atom is 0.102 e. The molecule has 1 fully saturated rings. The van der Waals surface area contributed by atoms with E-state index in [2.05, 4.69) is 10.2 Å². The molecular weight excluding hydrogens is 216 g/mol. The first kappa shape index (κ1) is 12.5. The Labute approximate surface area is 102 Å². The molecule has 17 heavy (non-hydrogen) atoms. The molecule has 0 aromatic heterocycles. The van der Waals surface area contributed by atoms with Crippen LogP contribution in [0.2, 0.25) is 0 Å². The molecule has 1 aliphatic heterocycles. The molecule has 4 nitrogen and oxygen atoms in total. The van der Waals surface area contributed by atoms with Crippen molar-refractivity contribution in [1.82, 2.24) is 10.2 Å². The van der Waals surface area contributed by atoms with Crippen molar-refractivity contribution in [2.24, 2.45) is 0 Å². The zero-order valence-corrected chi connectivity index (χ0v) is 9.97. The van der Waals surface area contributed by atoms with Crippen LogP contribution in [0.25, 0.3) is 0 Å². The fourth-order valence-electron chi connectivity index (χ4n) is 2.08. The maximum atomic E-state index is 9.47. The van der Waals surface area contributed by atoms with E-state index in [1.54, 1.807) is 0 Å². The first-order valence-corrected chi connectivity index (χ1v) is 6.10. The molecule has 1 aromatic rings. The maximum absolute atomic E-state index is 9.47.